The predicted molar refractivity (Wildman–Crippen MR) is 119 cm³/mol. The molecule has 0 aliphatic heterocycles. The Morgan fingerprint density at radius 1 is 1.17 bits per heavy atom. The highest BCUT2D eigenvalue weighted by Gasteiger charge is 2.15. The van der Waals surface area contributed by atoms with Crippen LogP contribution in [0.25, 0.3) is 0 Å². The summed E-state index contributed by atoms with van der Waals surface area (Å²) in [6.45, 7) is 3.36. The maximum absolute atomic E-state index is 9.06. The van der Waals surface area contributed by atoms with Gasteiger partial charge in [0.2, 0.25) is 0 Å². The summed E-state index contributed by atoms with van der Waals surface area (Å²) in [7, 11) is 1.65. The SMILES string of the molecule is CCCCOc1c(I)cc(CN(c2ccc(C#N)cc2)n2cnnc2)cc1OC. The molecule has 0 saturated heterocycles. The zero-order chi connectivity index (χ0) is 20.6. The molecule has 0 aliphatic rings. The van der Waals surface area contributed by atoms with Crippen molar-refractivity contribution < 1.29 is 9.47 Å². The summed E-state index contributed by atoms with van der Waals surface area (Å²) in [5, 5.41) is 18.9. The van der Waals surface area contributed by atoms with Crippen molar-refractivity contribution in [2.75, 3.05) is 18.7 Å². The first-order valence-corrected chi connectivity index (χ1v) is 10.4. The van der Waals surface area contributed by atoms with Crippen molar-refractivity contribution in [3.05, 3.63) is 63.7 Å². The first-order chi connectivity index (χ1) is 14.2. The molecule has 0 aliphatic carbocycles. The van der Waals surface area contributed by atoms with Crippen molar-refractivity contribution in [3.8, 4) is 17.6 Å². The average Bonchev–Trinajstić information content (AvgIpc) is 3.28. The predicted octanol–water partition coefficient (Wildman–Crippen LogP) is 4.41. The minimum Gasteiger partial charge on any atom is -0.493 e. The number of aromatic nitrogens is 3. The highest BCUT2D eigenvalue weighted by atomic mass is 127. The van der Waals surface area contributed by atoms with Gasteiger partial charge in [-0.3, -0.25) is 5.01 Å². The summed E-state index contributed by atoms with van der Waals surface area (Å²) in [6, 6.07) is 13.6. The first-order valence-electron chi connectivity index (χ1n) is 9.28. The molecule has 0 saturated carbocycles. The fourth-order valence-electron chi connectivity index (χ4n) is 2.83. The van der Waals surface area contributed by atoms with Crippen LogP contribution in [0.15, 0.2) is 49.1 Å². The molecule has 150 valence electrons. The number of hydrogen-bond acceptors (Lipinski definition) is 6. The van der Waals surface area contributed by atoms with E-state index in [1.54, 1.807) is 31.9 Å². The molecule has 0 atom stereocenters. The molecular formula is C21H22IN5O2. The lowest BCUT2D eigenvalue weighted by molar-refractivity contribution is 0.286. The van der Waals surface area contributed by atoms with E-state index in [1.807, 2.05) is 27.9 Å². The Hall–Kier alpha value is -2.80. The van der Waals surface area contributed by atoms with Gasteiger partial charge >= 0.3 is 0 Å². The lowest BCUT2D eigenvalue weighted by Gasteiger charge is -2.25. The number of ether oxygens (including phenoxy) is 2. The smallest absolute Gasteiger partial charge is 0.174 e. The number of nitrogens with zero attached hydrogens (tertiary/aromatic N) is 5. The van der Waals surface area contributed by atoms with E-state index < -0.39 is 0 Å². The van der Waals surface area contributed by atoms with Gasteiger partial charge in [-0.2, -0.15) is 5.26 Å². The zero-order valence-corrected chi connectivity index (χ0v) is 18.5. The summed E-state index contributed by atoms with van der Waals surface area (Å²) in [4.78, 5) is 0. The van der Waals surface area contributed by atoms with Crippen LogP contribution in [0, 0.1) is 14.9 Å². The highest BCUT2D eigenvalue weighted by Crippen LogP contribution is 2.35. The summed E-state index contributed by atoms with van der Waals surface area (Å²) >= 11 is 2.28. The number of benzene rings is 2. The van der Waals surface area contributed by atoms with Crippen molar-refractivity contribution in [2.45, 2.75) is 26.3 Å². The topological polar surface area (TPSA) is 76.2 Å². The van der Waals surface area contributed by atoms with Gasteiger partial charge in [0.1, 0.15) is 12.7 Å². The number of nitriles is 1. The molecule has 8 heteroatoms. The second kappa shape index (κ2) is 10.1. The molecule has 0 bridgehead atoms. The fourth-order valence-corrected chi connectivity index (χ4v) is 3.65. The molecule has 3 aromatic rings. The van der Waals surface area contributed by atoms with Gasteiger partial charge < -0.3 is 9.47 Å². The number of hydrogen-bond donors (Lipinski definition) is 0. The Morgan fingerprint density at radius 3 is 2.52 bits per heavy atom. The van der Waals surface area contributed by atoms with E-state index in [4.69, 9.17) is 14.7 Å². The number of anilines is 1. The summed E-state index contributed by atoms with van der Waals surface area (Å²) in [5.41, 5.74) is 2.58. The minimum atomic E-state index is 0.561. The van der Waals surface area contributed by atoms with Gasteiger partial charge in [-0.1, -0.05) is 13.3 Å². The average molecular weight is 503 g/mol. The molecule has 0 amide bonds. The first kappa shape index (κ1) is 20.9. The van der Waals surface area contributed by atoms with Gasteiger partial charge in [0.05, 0.1) is 41.2 Å². The second-order valence-corrected chi connectivity index (χ2v) is 7.53. The third kappa shape index (κ3) is 5.17. The highest BCUT2D eigenvalue weighted by molar-refractivity contribution is 14.1. The molecule has 0 radical (unpaired) electrons. The van der Waals surface area contributed by atoms with E-state index in [1.165, 1.54) is 0 Å². The number of unbranched alkanes of at least 4 members (excludes halogenated alkanes) is 1. The number of methoxy groups -OCH3 is 1. The van der Waals surface area contributed by atoms with Crippen molar-refractivity contribution in [2.24, 2.45) is 0 Å². The van der Waals surface area contributed by atoms with Gasteiger partial charge in [-0.15, -0.1) is 10.2 Å². The summed E-state index contributed by atoms with van der Waals surface area (Å²) in [5.74, 6) is 1.49. The molecule has 1 aromatic heterocycles. The maximum Gasteiger partial charge on any atom is 0.174 e. The Bertz CT molecular complexity index is 968. The molecule has 2 aromatic carbocycles. The Kier molecular flexibility index (Phi) is 7.30. The molecule has 0 spiro atoms. The van der Waals surface area contributed by atoms with Crippen LogP contribution in [0.5, 0.6) is 11.5 Å². The van der Waals surface area contributed by atoms with Crippen LogP contribution in [0.1, 0.15) is 30.9 Å². The van der Waals surface area contributed by atoms with E-state index in [9.17, 15) is 0 Å². The third-order valence-electron chi connectivity index (χ3n) is 4.35. The van der Waals surface area contributed by atoms with Crippen LogP contribution in [-0.4, -0.2) is 28.6 Å². The van der Waals surface area contributed by atoms with E-state index in [0.29, 0.717) is 24.5 Å². The minimum absolute atomic E-state index is 0.561. The van der Waals surface area contributed by atoms with Gasteiger partial charge in [0.25, 0.3) is 0 Å². The zero-order valence-electron chi connectivity index (χ0n) is 16.4. The fraction of sp³-hybridized carbons (Fsp3) is 0.286. The molecule has 0 unspecified atom stereocenters. The molecule has 7 nitrogen and oxygen atoms in total. The van der Waals surface area contributed by atoms with Crippen LogP contribution in [0.2, 0.25) is 0 Å². The van der Waals surface area contributed by atoms with Crippen LogP contribution < -0.4 is 14.5 Å². The Balaban J connectivity index is 1.91. The number of rotatable bonds is 9. The van der Waals surface area contributed by atoms with E-state index in [0.717, 1.165) is 33.4 Å². The van der Waals surface area contributed by atoms with Crippen LogP contribution in [0.3, 0.4) is 0 Å². The number of halogens is 1. The normalized spacial score (nSPS) is 10.4. The van der Waals surface area contributed by atoms with Crippen LogP contribution in [0.4, 0.5) is 5.69 Å². The van der Waals surface area contributed by atoms with Gasteiger partial charge in [0, 0.05) is 0 Å². The maximum atomic E-state index is 9.06. The molecular weight excluding hydrogens is 481 g/mol. The Morgan fingerprint density at radius 2 is 1.90 bits per heavy atom. The molecule has 0 fully saturated rings. The van der Waals surface area contributed by atoms with Crippen molar-refractivity contribution in [1.82, 2.24) is 14.9 Å². The van der Waals surface area contributed by atoms with Gasteiger partial charge in [-0.25, -0.2) is 4.68 Å². The van der Waals surface area contributed by atoms with Gasteiger partial charge in [0.15, 0.2) is 11.5 Å². The van der Waals surface area contributed by atoms with E-state index >= 15 is 0 Å². The second-order valence-electron chi connectivity index (χ2n) is 6.37. The summed E-state index contributed by atoms with van der Waals surface area (Å²) < 4.78 is 14.3. The molecule has 0 N–H and O–H groups in total. The van der Waals surface area contributed by atoms with E-state index in [2.05, 4.69) is 51.8 Å². The standard InChI is InChI=1S/C21H22IN5O2/c1-3-4-9-29-21-19(22)10-17(11-20(21)28-2)13-27(26-14-24-25-15-26)18-7-5-16(12-23)6-8-18/h5-8,10-11,14-15H,3-4,9,13H2,1-2H3. The summed E-state index contributed by atoms with van der Waals surface area (Å²) in [6.07, 6.45) is 5.36. The molecule has 29 heavy (non-hydrogen) atoms. The van der Waals surface area contributed by atoms with Gasteiger partial charge in [-0.05, 0) is 71.0 Å². The molecule has 3 rings (SSSR count). The lowest BCUT2D eigenvalue weighted by Crippen LogP contribution is -2.28. The van der Waals surface area contributed by atoms with Crippen molar-refractivity contribution in [1.29, 1.82) is 5.26 Å². The third-order valence-corrected chi connectivity index (χ3v) is 5.15. The van der Waals surface area contributed by atoms with Crippen molar-refractivity contribution in [3.63, 3.8) is 0 Å². The lowest BCUT2D eigenvalue weighted by atomic mass is 10.1. The van der Waals surface area contributed by atoms with E-state index in [-0.39, 0.29) is 0 Å². The Labute approximate surface area is 184 Å². The largest absolute Gasteiger partial charge is 0.493 e. The quantitative estimate of drug-likeness (QED) is 0.318. The van der Waals surface area contributed by atoms with Crippen molar-refractivity contribution >= 4 is 28.3 Å². The van der Waals surface area contributed by atoms with Crippen LogP contribution >= 0.6 is 22.6 Å². The van der Waals surface area contributed by atoms with Crippen LogP contribution in [-0.2, 0) is 6.54 Å². The monoisotopic (exact) mass is 503 g/mol. The molecule has 1 heterocycles.